The highest BCUT2D eigenvalue weighted by Crippen LogP contribution is 2.37. The van der Waals surface area contributed by atoms with Crippen molar-refractivity contribution in [3.05, 3.63) is 28.8 Å². The zero-order chi connectivity index (χ0) is 17.4. The van der Waals surface area contributed by atoms with Gasteiger partial charge in [-0.25, -0.2) is 13.6 Å². The summed E-state index contributed by atoms with van der Waals surface area (Å²) in [7, 11) is 0. The average molecular weight is 337 g/mol. The quantitative estimate of drug-likeness (QED) is 0.816. The van der Waals surface area contributed by atoms with Gasteiger partial charge in [-0.3, -0.25) is 0 Å². The summed E-state index contributed by atoms with van der Waals surface area (Å²) in [4.78, 5) is 12.8. The van der Waals surface area contributed by atoms with Crippen molar-refractivity contribution >= 4 is 11.7 Å². The zero-order valence-corrected chi connectivity index (χ0v) is 12.4. The molecule has 0 amide bonds. The third-order valence-corrected chi connectivity index (χ3v) is 3.94. The molecule has 0 bridgehead atoms. The Morgan fingerprint density at radius 1 is 1.22 bits per heavy atom. The lowest BCUT2D eigenvalue weighted by Gasteiger charge is -2.26. The summed E-state index contributed by atoms with van der Waals surface area (Å²) in [6.07, 6.45) is -5.29. The number of benzene rings is 1. The molecule has 128 valence electrons. The Kier molecular flexibility index (Phi) is 4.54. The number of hydrogen-bond donors (Lipinski definition) is 1. The maximum absolute atomic E-state index is 13.4. The molecule has 8 heteroatoms. The van der Waals surface area contributed by atoms with E-state index in [1.165, 1.54) is 11.8 Å². The van der Waals surface area contributed by atoms with Crippen molar-refractivity contribution in [2.24, 2.45) is 0 Å². The van der Waals surface area contributed by atoms with Crippen molar-refractivity contribution in [2.75, 3.05) is 18.0 Å². The summed E-state index contributed by atoms with van der Waals surface area (Å²) in [5.74, 6) is -4.35. The minimum absolute atomic E-state index is 0.0562. The van der Waals surface area contributed by atoms with Crippen LogP contribution < -0.4 is 4.90 Å². The Morgan fingerprint density at radius 2 is 1.87 bits per heavy atom. The lowest BCUT2D eigenvalue weighted by atomic mass is 10.0. The average Bonchev–Trinajstić information content (AvgIpc) is 2.57. The Morgan fingerprint density at radius 3 is 2.43 bits per heavy atom. The normalized spacial score (nSPS) is 18.6. The molecule has 0 atom stereocenters. The van der Waals surface area contributed by atoms with Crippen LogP contribution in [-0.2, 0) is 6.18 Å². The lowest BCUT2D eigenvalue weighted by Crippen LogP contribution is -2.28. The molecule has 2 rings (SSSR count). The van der Waals surface area contributed by atoms with Gasteiger partial charge in [0.25, 0.3) is 0 Å². The van der Waals surface area contributed by atoms with E-state index in [1.54, 1.807) is 0 Å². The molecule has 0 spiro atoms. The first kappa shape index (κ1) is 17.5. The summed E-state index contributed by atoms with van der Waals surface area (Å²) < 4.78 is 65.6. The molecule has 1 N–H and O–H groups in total. The number of carboxylic acid groups (broad SMARTS) is 1. The van der Waals surface area contributed by atoms with Gasteiger partial charge in [0.15, 0.2) is 0 Å². The van der Waals surface area contributed by atoms with E-state index in [9.17, 15) is 31.9 Å². The first-order valence-electron chi connectivity index (χ1n) is 7.09. The molecule has 1 aromatic carbocycles. The third kappa shape index (κ3) is 3.92. The van der Waals surface area contributed by atoms with Gasteiger partial charge in [0, 0.05) is 25.9 Å². The van der Waals surface area contributed by atoms with E-state index in [0.29, 0.717) is 6.07 Å². The number of nitrogens with zero attached hydrogens (tertiary/aromatic N) is 1. The standard InChI is InChI=1S/C15H16F5NO2/c1-9-7-12(21-5-2-3-14(16,17)4-6-21)10(13(22)23)8-11(9)15(18,19)20/h7-8H,2-6H2,1H3,(H,22,23). The zero-order valence-electron chi connectivity index (χ0n) is 12.4. The summed E-state index contributed by atoms with van der Waals surface area (Å²) >= 11 is 0. The molecular weight excluding hydrogens is 321 g/mol. The molecule has 1 aliphatic rings. The van der Waals surface area contributed by atoms with Crippen molar-refractivity contribution in [2.45, 2.75) is 38.3 Å². The Hall–Kier alpha value is -1.86. The SMILES string of the molecule is Cc1cc(N2CCCC(F)(F)CC2)c(C(=O)O)cc1C(F)(F)F. The second-order valence-electron chi connectivity index (χ2n) is 5.68. The molecule has 1 aliphatic heterocycles. The van der Waals surface area contributed by atoms with Crippen LogP contribution in [0, 0.1) is 6.92 Å². The van der Waals surface area contributed by atoms with Crippen LogP contribution in [0.25, 0.3) is 0 Å². The van der Waals surface area contributed by atoms with E-state index in [4.69, 9.17) is 0 Å². The smallest absolute Gasteiger partial charge is 0.416 e. The van der Waals surface area contributed by atoms with Gasteiger partial charge in [-0.05, 0) is 31.0 Å². The molecule has 0 aromatic heterocycles. The van der Waals surface area contributed by atoms with Crippen LogP contribution in [0.4, 0.5) is 27.6 Å². The molecule has 1 heterocycles. The van der Waals surface area contributed by atoms with Crippen molar-refractivity contribution in [3.63, 3.8) is 0 Å². The summed E-state index contributed by atoms with van der Waals surface area (Å²) in [6, 6.07) is 1.70. The molecule has 0 saturated carbocycles. The van der Waals surface area contributed by atoms with Gasteiger partial charge < -0.3 is 10.0 Å². The minimum Gasteiger partial charge on any atom is -0.478 e. The van der Waals surface area contributed by atoms with Crippen LogP contribution in [0.2, 0.25) is 0 Å². The summed E-state index contributed by atoms with van der Waals surface area (Å²) in [5.41, 5.74) is -1.62. The lowest BCUT2D eigenvalue weighted by molar-refractivity contribution is -0.138. The highest BCUT2D eigenvalue weighted by molar-refractivity contribution is 5.95. The van der Waals surface area contributed by atoms with Gasteiger partial charge >= 0.3 is 12.1 Å². The van der Waals surface area contributed by atoms with E-state index in [0.717, 1.165) is 6.07 Å². The van der Waals surface area contributed by atoms with Crippen molar-refractivity contribution in [3.8, 4) is 0 Å². The van der Waals surface area contributed by atoms with Gasteiger partial charge in [0.05, 0.1) is 16.8 Å². The molecule has 1 fully saturated rings. The predicted molar refractivity (Wildman–Crippen MR) is 74.2 cm³/mol. The largest absolute Gasteiger partial charge is 0.478 e. The van der Waals surface area contributed by atoms with Crippen LogP contribution in [0.15, 0.2) is 12.1 Å². The Labute approximate surface area is 129 Å². The molecule has 0 aliphatic carbocycles. The fourth-order valence-corrected chi connectivity index (χ4v) is 2.74. The van der Waals surface area contributed by atoms with Crippen molar-refractivity contribution < 1.29 is 31.9 Å². The number of carbonyl (C=O) groups is 1. The van der Waals surface area contributed by atoms with E-state index in [1.807, 2.05) is 0 Å². The highest BCUT2D eigenvalue weighted by atomic mass is 19.4. The number of anilines is 1. The summed E-state index contributed by atoms with van der Waals surface area (Å²) in [6.45, 7) is 1.31. The second-order valence-corrected chi connectivity index (χ2v) is 5.68. The Bertz CT molecular complexity index is 613. The van der Waals surface area contributed by atoms with Gasteiger partial charge in [-0.15, -0.1) is 0 Å². The maximum Gasteiger partial charge on any atom is 0.416 e. The minimum atomic E-state index is -4.67. The van der Waals surface area contributed by atoms with Gasteiger partial charge in [0.2, 0.25) is 5.92 Å². The number of alkyl halides is 5. The van der Waals surface area contributed by atoms with Gasteiger partial charge in [-0.1, -0.05) is 0 Å². The molecule has 0 radical (unpaired) electrons. The first-order chi connectivity index (χ1) is 10.5. The molecule has 1 saturated heterocycles. The van der Waals surface area contributed by atoms with Crippen LogP contribution in [0.1, 0.15) is 40.7 Å². The first-order valence-corrected chi connectivity index (χ1v) is 7.09. The molecule has 23 heavy (non-hydrogen) atoms. The number of aromatic carboxylic acids is 1. The molecule has 0 unspecified atom stereocenters. The number of halogens is 5. The molecule has 1 aromatic rings. The van der Waals surface area contributed by atoms with Crippen molar-refractivity contribution in [1.29, 1.82) is 0 Å². The number of hydrogen-bond acceptors (Lipinski definition) is 2. The number of aryl methyl sites for hydroxylation is 1. The third-order valence-electron chi connectivity index (χ3n) is 3.94. The molecular formula is C15H16F5NO2. The van der Waals surface area contributed by atoms with Gasteiger partial charge in [-0.2, -0.15) is 13.2 Å². The fraction of sp³-hybridized carbons (Fsp3) is 0.533. The fourth-order valence-electron chi connectivity index (χ4n) is 2.74. The van der Waals surface area contributed by atoms with Crippen LogP contribution in [-0.4, -0.2) is 30.1 Å². The molecule has 3 nitrogen and oxygen atoms in total. The Balaban J connectivity index is 2.46. The van der Waals surface area contributed by atoms with E-state index < -0.39 is 35.6 Å². The number of rotatable bonds is 2. The van der Waals surface area contributed by atoms with E-state index in [2.05, 4.69) is 0 Å². The van der Waals surface area contributed by atoms with Crippen LogP contribution in [0.5, 0.6) is 0 Å². The summed E-state index contributed by atoms with van der Waals surface area (Å²) in [5, 5.41) is 9.21. The number of carboxylic acids is 1. The maximum atomic E-state index is 13.4. The van der Waals surface area contributed by atoms with E-state index >= 15 is 0 Å². The van der Waals surface area contributed by atoms with Crippen LogP contribution in [0.3, 0.4) is 0 Å². The van der Waals surface area contributed by atoms with Gasteiger partial charge in [0.1, 0.15) is 0 Å². The van der Waals surface area contributed by atoms with Crippen molar-refractivity contribution in [1.82, 2.24) is 0 Å². The monoisotopic (exact) mass is 337 g/mol. The topological polar surface area (TPSA) is 40.5 Å². The van der Waals surface area contributed by atoms with Crippen LogP contribution >= 0.6 is 0 Å². The predicted octanol–water partition coefficient (Wildman–Crippen LogP) is 4.34. The highest BCUT2D eigenvalue weighted by Gasteiger charge is 2.36. The second kappa shape index (κ2) is 5.98. The van der Waals surface area contributed by atoms with E-state index in [-0.39, 0.29) is 37.2 Å².